The summed E-state index contributed by atoms with van der Waals surface area (Å²) in [5.74, 6) is 0.714. The van der Waals surface area contributed by atoms with Gasteiger partial charge >= 0.3 is 0 Å². The first kappa shape index (κ1) is 25.6. The molecule has 194 valence electrons. The van der Waals surface area contributed by atoms with Crippen LogP contribution in [0.3, 0.4) is 0 Å². The molecule has 4 aromatic carbocycles. The Bertz CT molecular complexity index is 1440. The molecule has 0 saturated carbocycles. The topological polar surface area (TPSA) is 63.2 Å². The summed E-state index contributed by atoms with van der Waals surface area (Å²) < 4.78 is 12.0. The van der Waals surface area contributed by atoms with Crippen LogP contribution >= 0.6 is 11.6 Å². The number of rotatable bonds is 9. The molecule has 1 saturated heterocycles. The lowest BCUT2D eigenvalue weighted by Gasteiger charge is -2.17. The van der Waals surface area contributed by atoms with Gasteiger partial charge in [-0.3, -0.25) is 4.79 Å². The molecule has 0 bridgehead atoms. The molecule has 1 heterocycles. The molecule has 1 fully saturated rings. The smallest absolute Gasteiger partial charge is 0.271 e. The maximum absolute atomic E-state index is 12.6. The number of benzene rings is 4. The van der Waals surface area contributed by atoms with Gasteiger partial charge in [0.25, 0.3) is 5.91 Å². The van der Waals surface area contributed by atoms with Crippen molar-refractivity contribution in [3.63, 3.8) is 0 Å². The first-order valence-electron chi connectivity index (χ1n) is 12.9. The Morgan fingerprint density at radius 2 is 1.76 bits per heavy atom. The van der Waals surface area contributed by atoms with E-state index >= 15 is 0 Å². The van der Waals surface area contributed by atoms with Crippen molar-refractivity contribution in [1.82, 2.24) is 5.43 Å². The molecule has 0 atom stereocenters. The summed E-state index contributed by atoms with van der Waals surface area (Å²) in [6, 6.07) is 25.5. The number of anilines is 1. The van der Waals surface area contributed by atoms with Crippen molar-refractivity contribution in [2.24, 2.45) is 5.10 Å². The Labute approximate surface area is 227 Å². The summed E-state index contributed by atoms with van der Waals surface area (Å²) in [6.45, 7) is 4.83. The second-order valence-corrected chi connectivity index (χ2v) is 9.54. The molecule has 0 unspecified atom stereocenters. The molecule has 1 amide bonds. The molecular formula is C31H30ClN3O3. The van der Waals surface area contributed by atoms with E-state index < -0.39 is 0 Å². The van der Waals surface area contributed by atoms with Crippen LogP contribution in [-0.4, -0.2) is 31.8 Å². The highest BCUT2D eigenvalue weighted by Crippen LogP contribution is 2.37. The third-order valence-corrected chi connectivity index (χ3v) is 6.84. The van der Waals surface area contributed by atoms with E-state index in [0.29, 0.717) is 40.9 Å². The molecule has 1 aliphatic rings. The summed E-state index contributed by atoms with van der Waals surface area (Å²) in [7, 11) is 0. The average Bonchev–Trinajstić information content (AvgIpc) is 3.48. The van der Waals surface area contributed by atoms with Crippen molar-refractivity contribution in [3.8, 4) is 11.5 Å². The van der Waals surface area contributed by atoms with Crippen LogP contribution in [0.5, 0.6) is 11.5 Å². The van der Waals surface area contributed by atoms with E-state index in [-0.39, 0.29) is 5.91 Å². The fourth-order valence-electron chi connectivity index (χ4n) is 4.66. The van der Waals surface area contributed by atoms with Crippen LogP contribution in [0, 0.1) is 0 Å². The first-order valence-corrected chi connectivity index (χ1v) is 13.2. The number of hydrazone groups is 1. The summed E-state index contributed by atoms with van der Waals surface area (Å²) in [6.07, 6.45) is 3.96. The molecular weight excluding hydrogens is 498 g/mol. The minimum atomic E-state index is -0.277. The number of hydrogen-bond acceptors (Lipinski definition) is 5. The quantitative estimate of drug-likeness (QED) is 0.191. The van der Waals surface area contributed by atoms with Crippen molar-refractivity contribution in [3.05, 3.63) is 101 Å². The Morgan fingerprint density at radius 3 is 2.55 bits per heavy atom. The predicted octanol–water partition coefficient (Wildman–Crippen LogP) is 6.84. The number of carbonyl (C=O) groups excluding carboxylic acids is 1. The van der Waals surface area contributed by atoms with E-state index in [1.54, 1.807) is 18.3 Å². The number of carbonyl (C=O) groups is 1. The minimum Gasteiger partial charge on any atom is -0.490 e. The highest BCUT2D eigenvalue weighted by molar-refractivity contribution is 6.32. The van der Waals surface area contributed by atoms with E-state index in [2.05, 4.69) is 33.6 Å². The fraction of sp³-hybridized carbons (Fsp3) is 0.226. The van der Waals surface area contributed by atoms with E-state index in [1.807, 2.05) is 55.5 Å². The third-order valence-electron chi connectivity index (χ3n) is 6.56. The van der Waals surface area contributed by atoms with Crippen molar-refractivity contribution in [2.45, 2.75) is 26.4 Å². The summed E-state index contributed by atoms with van der Waals surface area (Å²) in [5.41, 5.74) is 6.02. The van der Waals surface area contributed by atoms with Gasteiger partial charge in [0, 0.05) is 24.3 Å². The number of nitrogens with one attached hydrogen (secondary N) is 1. The molecule has 0 aliphatic carbocycles. The molecule has 0 radical (unpaired) electrons. The molecule has 1 N–H and O–H groups in total. The monoisotopic (exact) mass is 527 g/mol. The maximum Gasteiger partial charge on any atom is 0.271 e. The zero-order chi connectivity index (χ0) is 26.3. The van der Waals surface area contributed by atoms with Gasteiger partial charge in [-0.05, 0) is 78.1 Å². The lowest BCUT2D eigenvalue weighted by Crippen LogP contribution is -2.19. The first-order chi connectivity index (χ1) is 18.6. The van der Waals surface area contributed by atoms with Crippen LogP contribution < -0.4 is 19.8 Å². The number of hydrogen-bond donors (Lipinski definition) is 1. The Morgan fingerprint density at radius 1 is 1.00 bits per heavy atom. The van der Waals surface area contributed by atoms with Crippen molar-refractivity contribution < 1.29 is 14.3 Å². The molecule has 4 aromatic rings. The highest BCUT2D eigenvalue weighted by Gasteiger charge is 2.15. The summed E-state index contributed by atoms with van der Waals surface area (Å²) in [4.78, 5) is 14.9. The van der Waals surface area contributed by atoms with Gasteiger partial charge in [0.1, 0.15) is 6.61 Å². The lowest BCUT2D eigenvalue weighted by molar-refractivity contribution is 0.0955. The van der Waals surface area contributed by atoms with Gasteiger partial charge in [-0.15, -0.1) is 0 Å². The van der Waals surface area contributed by atoms with Crippen molar-refractivity contribution >= 4 is 40.2 Å². The maximum atomic E-state index is 12.6. The number of ether oxygens (including phenoxy) is 2. The van der Waals surface area contributed by atoms with Gasteiger partial charge in [0.2, 0.25) is 0 Å². The normalized spacial score (nSPS) is 13.3. The second kappa shape index (κ2) is 12.0. The van der Waals surface area contributed by atoms with Gasteiger partial charge < -0.3 is 14.4 Å². The lowest BCUT2D eigenvalue weighted by atomic mass is 10.1. The zero-order valence-electron chi connectivity index (χ0n) is 21.3. The van der Waals surface area contributed by atoms with Crippen LogP contribution in [0.25, 0.3) is 10.8 Å². The van der Waals surface area contributed by atoms with E-state index in [4.69, 9.17) is 21.1 Å². The molecule has 1 aliphatic heterocycles. The van der Waals surface area contributed by atoms with Gasteiger partial charge in [-0.25, -0.2) is 5.43 Å². The third kappa shape index (κ3) is 5.92. The van der Waals surface area contributed by atoms with Crippen LogP contribution in [0.4, 0.5) is 5.69 Å². The molecule has 0 spiro atoms. The largest absolute Gasteiger partial charge is 0.490 e. The van der Waals surface area contributed by atoms with E-state index in [1.165, 1.54) is 12.8 Å². The number of fused-ring (bicyclic) bond motifs is 1. The van der Waals surface area contributed by atoms with Crippen LogP contribution in [-0.2, 0) is 6.61 Å². The van der Waals surface area contributed by atoms with Gasteiger partial charge in [-0.2, -0.15) is 5.10 Å². The Balaban J connectivity index is 1.26. The molecule has 5 rings (SSSR count). The average molecular weight is 528 g/mol. The standard InChI is InChI=1S/C31H30ClN3O3/c1-2-37-29-19-22(20-33-34-31(36)24-12-14-26(15-13-24)35-16-5-6-17-35)18-28(32)30(29)38-21-25-10-7-9-23-8-3-4-11-27(23)25/h3-4,7-15,18-20H,2,5-6,16-17,21H2,1H3,(H,34,36)/b33-20-. The van der Waals surface area contributed by atoms with Crippen molar-refractivity contribution in [2.75, 3.05) is 24.6 Å². The summed E-state index contributed by atoms with van der Waals surface area (Å²) >= 11 is 6.60. The van der Waals surface area contributed by atoms with Crippen molar-refractivity contribution in [1.29, 1.82) is 0 Å². The molecule has 6 nitrogen and oxygen atoms in total. The van der Waals surface area contributed by atoms with Crippen LogP contribution in [0.2, 0.25) is 5.02 Å². The van der Waals surface area contributed by atoms with Gasteiger partial charge in [0.15, 0.2) is 11.5 Å². The zero-order valence-corrected chi connectivity index (χ0v) is 22.1. The predicted molar refractivity (Wildman–Crippen MR) is 154 cm³/mol. The van der Waals surface area contributed by atoms with E-state index in [9.17, 15) is 4.79 Å². The number of halogens is 1. The molecule has 0 aromatic heterocycles. The van der Waals surface area contributed by atoms with Crippen LogP contribution in [0.1, 0.15) is 41.3 Å². The van der Waals surface area contributed by atoms with E-state index in [0.717, 1.165) is 35.1 Å². The second-order valence-electron chi connectivity index (χ2n) is 9.13. The van der Waals surface area contributed by atoms with Gasteiger partial charge in [-0.1, -0.05) is 54.1 Å². The fourth-order valence-corrected chi connectivity index (χ4v) is 4.94. The molecule has 38 heavy (non-hydrogen) atoms. The number of amides is 1. The highest BCUT2D eigenvalue weighted by atomic mass is 35.5. The SMILES string of the molecule is CCOc1cc(/C=N\NC(=O)c2ccc(N3CCCC3)cc2)cc(Cl)c1OCc1cccc2ccccc12. The Kier molecular flexibility index (Phi) is 8.09. The van der Waals surface area contributed by atoms with Crippen LogP contribution in [0.15, 0.2) is 84.0 Å². The van der Waals surface area contributed by atoms with Gasteiger partial charge in [0.05, 0.1) is 17.8 Å². The molecule has 7 heteroatoms. The summed E-state index contributed by atoms with van der Waals surface area (Å²) in [5, 5.41) is 6.82. The minimum absolute atomic E-state index is 0.277. The number of nitrogens with zero attached hydrogens (tertiary/aromatic N) is 2. The Hall–Kier alpha value is -4.03.